The smallest absolute Gasteiger partial charge is 0.167 e. The Kier molecular flexibility index (Phi) is 8.39. The molecular formula is C25H39NO2. The van der Waals surface area contributed by atoms with Crippen LogP contribution in [0.15, 0.2) is 12.1 Å². The summed E-state index contributed by atoms with van der Waals surface area (Å²) in [4.78, 5) is 15.9. The quantitative estimate of drug-likeness (QED) is 0.354. The lowest BCUT2D eigenvalue weighted by Crippen LogP contribution is -2.31. The molecule has 1 aliphatic carbocycles. The number of hydrogen-bond acceptors (Lipinski definition) is 3. The first kappa shape index (κ1) is 21.4. The highest BCUT2D eigenvalue weighted by Crippen LogP contribution is 2.34. The Labute approximate surface area is 171 Å². The molecule has 1 aromatic carbocycles. The zero-order valence-corrected chi connectivity index (χ0v) is 18.1. The van der Waals surface area contributed by atoms with Crippen LogP contribution in [0.1, 0.15) is 93.1 Å². The van der Waals surface area contributed by atoms with Crippen molar-refractivity contribution in [1.82, 2.24) is 4.90 Å². The third-order valence-electron chi connectivity index (χ3n) is 6.55. The molecular weight excluding hydrogens is 346 g/mol. The van der Waals surface area contributed by atoms with Crippen molar-refractivity contribution in [3.63, 3.8) is 0 Å². The number of carbonyl (C=O) groups excluding carboxylic acids is 1. The zero-order valence-electron chi connectivity index (χ0n) is 18.1. The number of unbranched alkanes of at least 4 members (excludes halogenated alkanes) is 3. The maximum Gasteiger partial charge on any atom is 0.167 e. The van der Waals surface area contributed by atoms with Gasteiger partial charge in [0.25, 0.3) is 0 Å². The van der Waals surface area contributed by atoms with Crippen molar-refractivity contribution in [3.8, 4) is 5.75 Å². The average molecular weight is 386 g/mol. The topological polar surface area (TPSA) is 29.5 Å². The van der Waals surface area contributed by atoms with Gasteiger partial charge in [0, 0.05) is 18.0 Å². The van der Waals surface area contributed by atoms with Gasteiger partial charge in [-0.1, -0.05) is 33.1 Å². The normalized spacial score (nSPS) is 18.1. The lowest BCUT2D eigenvalue weighted by atomic mass is 9.83. The molecule has 3 nitrogen and oxygen atoms in total. The molecule has 1 fully saturated rings. The molecule has 0 N–H and O–H groups in total. The van der Waals surface area contributed by atoms with Crippen molar-refractivity contribution < 1.29 is 9.53 Å². The maximum atomic E-state index is 13.4. The number of ether oxygens (including phenoxy) is 1. The van der Waals surface area contributed by atoms with Crippen LogP contribution < -0.4 is 4.74 Å². The number of carbonyl (C=O) groups is 1. The minimum absolute atomic E-state index is 0.130. The molecule has 0 bridgehead atoms. The van der Waals surface area contributed by atoms with Gasteiger partial charge in [-0.3, -0.25) is 4.79 Å². The Morgan fingerprint density at radius 2 is 1.75 bits per heavy atom. The van der Waals surface area contributed by atoms with Crippen LogP contribution in [0.3, 0.4) is 0 Å². The van der Waals surface area contributed by atoms with E-state index in [2.05, 4.69) is 30.9 Å². The van der Waals surface area contributed by atoms with Crippen LogP contribution in [-0.4, -0.2) is 36.9 Å². The van der Waals surface area contributed by atoms with E-state index in [1.807, 2.05) is 0 Å². The Morgan fingerprint density at radius 3 is 2.46 bits per heavy atom. The van der Waals surface area contributed by atoms with E-state index in [0.29, 0.717) is 5.78 Å². The van der Waals surface area contributed by atoms with Gasteiger partial charge in [0.05, 0.1) is 6.61 Å². The second kappa shape index (κ2) is 11.0. The number of benzene rings is 1. The average Bonchev–Trinajstić information content (AvgIpc) is 3.24. The molecule has 1 saturated heterocycles. The Bertz CT molecular complexity index is 634. The van der Waals surface area contributed by atoms with Gasteiger partial charge in [0.1, 0.15) is 5.75 Å². The molecule has 0 spiro atoms. The van der Waals surface area contributed by atoms with E-state index in [4.69, 9.17) is 4.74 Å². The van der Waals surface area contributed by atoms with Crippen molar-refractivity contribution in [1.29, 1.82) is 0 Å². The summed E-state index contributed by atoms with van der Waals surface area (Å²) in [5.41, 5.74) is 3.60. The molecule has 1 aliphatic heterocycles. The van der Waals surface area contributed by atoms with Crippen molar-refractivity contribution in [3.05, 3.63) is 28.8 Å². The Morgan fingerprint density at radius 1 is 1.00 bits per heavy atom. The number of nitrogens with zero attached hydrogens (tertiary/aromatic N) is 1. The standard InChI is InChI=1S/C25H39NO2/c1-3-5-6-11-18-28-24-15-14-23(21-12-7-8-13-22(21)24)25(27)20(4-2)19-26-16-9-10-17-26/h14-15,20H,3-13,16-19H2,1-2H3. The molecule has 3 rings (SSSR count). The van der Waals surface area contributed by atoms with Crippen LogP contribution in [0.2, 0.25) is 0 Å². The van der Waals surface area contributed by atoms with E-state index >= 15 is 0 Å². The van der Waals surface area contributed by atoms with Crippen LogP contribution in [-0.2, 0) is 12.8 Å². The molecule has 3 heteroatoms. The summed E-state index contributed by atoms with van der Waals surface area (Å²) in [6.07, 6.45) is 12.9. The SMILES string of the molecule is CCCCCCOc1ccc(C(=O)C(CC)CN2CCCC2)c2c1CCCC2. The minimum Gasteiger partial charge on any atom is -0.493 e. The minimum atomic E-state index is 0.130. The van der Waals surface area contributed by atoms with Crippen LogP contribution in [0.5, 0.6) is 5.75 Å². The molecule has 1 heterocycles. The van der Waals surface area contributed by atoms with Gasteiger partial charge in [-0.25, -0.2) is 0 Å². The summed E-state index contributed by atoms with van der Waals surface area (Å²) in [5, 5.41) is 0. The zero-order chi connectivity index (χ0) is 19.8. The van der Waals surface area contributed by atoms with E-state index in [1.54, 1.807) is 0 Å². The van der Waals surface area contributed by atoms with Gasteiger partial charge in [0.2, 0.25) is 0 Å². The molecule has 1 atom stereocenters. The summed E-state index contributed by atoms with van der Waals surface area (Å²) in [7, 11) is 0. The summed E-state index contributed by atoms with van der Waals surface area (Å²) < 4.78 is 6.16. The van der Waals surface area contributed by atoms with E-state index in [-0.39, 0.29) is 5.92 Å². The number of fused-ring (bicyclic) bond motifs is 1. The maximum absolute atomic E-state index is 13.4. The van der Waals surface area contributed by atoms with Crippen molar-refractivity contribution in [2.75, 3.05) is 26.2 Å². The van der Waals surface area contributed by atoms with Crippen LogP contribution >= 0.6 is 0 Å². The summed E-state index contributed by atoms with van der Waals surface area (Å²) in [6, 6.07) is 4.15. The van der Waals surface area contributed by atoms with Gasteiger partial charge in [-0.05, 0) is 87.7 Å². The van der Waals surface area contributed by atoms with Gasteiger partial charge in [-0.15, -0.1) is 0 Å². The van der Waals surface area contributed by atoms with Crippen LogP contribution in [0.25, 0.3) is 0 Å². The molecule has 1 unspecified atom stereocenters. The highest BCUT2D eigenvalue weighted by molar-refractivity contribution is 6.00. The van der Waals surface area contributed by atoms with E-state index in [1.165, 1.54) is 56.1 Å². The van der Waals surface area contributed by atoms with E-state index < -0.39 is 0 Å². The Balaban J connectivity index is 1.72. The van der Waals surface area contributed by atoms with E-state index in [0.717, 1.165) is 63.2 Å². The number of Topliss-reactive ketones (excluding diaryl/α,β-unsaturated/α-hetero) is 1. The van der Waals surface area contributed by atoms with Gasteiger partial charge >= 0.3 is 0 Å². The van der Waals surface area contributed by atoms with Crippen LogP contribution in [0, 0.1) is 5.92 Å². The lowest BCUT2D eigenvalue weighted by Gasteiger charge is -2.26. The fraction of sp³-hybridized carbons (Fsp3) is 0.720. The third-order valence-corrected chi connectivity index (χ3v) is 6.55. The van der Waals surface area contributed by atoms with Crippen LogP contribution in [0.4, 0.5) is 0 Å². The summed E-state index contributed by atoms with van der Waals surface area (Å²) in [5.74, 6) is 1.53. The first-order valence-corrected chi connectivity index (χ1v) is 11.8. The van der Waals surface area contributed by atoms with Crippen molar-refractivity contribution in [2.24, 2.45) is 5.92 Å². The number of ketones is 1. The summed E-state index contributed by atoms with van der Waals surface area (Å²) in [6.45, 7) is 8.45. The molecule has 28 heavy (non-hydrogen) atoms. The van der Waals surface area contributed by atoms with Gasteiger partial charge < -0.3 is 9.64 Å². The predicted molar refractivity (Wildman–Crippen MR) is 117 cm³/mol. The first-order valence-electron chi connectivity index (χ1n) is 11.8. The fourth-order valence-corrected chi connectivity index (χ4v) is 4.81. The van der Waals surface area contributed by atoms with Gasteiger partial charge in [0.15, 0.2) is 5.78 Å². The molecule has 156 valence electrons. The second-order valence-electron chi connectivity index (χ2n) is 8.66. The third kappa shape index (κ3) is 5.37. The monoisotopic (exact) mass is 385 g/mol. The second-order valence-corrected chi connectivity index (χ2v) is 8.66. The molecule has 1 aromatic rings. The Hall–Kier alpha value is -1.35. The van der Waals surface area contributed by atoms with Crippen molar-refractivity contribution >= 4 is 5.78 Å². The number of rotatable bonds is 11. The molecule has 0 saturated carbocycles. The van der Waals surface area contributed by atoms with E-state index in [9.17, 15) is 4.79 Å². The first-order chi connectivity index (χ1) is 13.7. The fourth-order valence-electron chi connectivity index (χ4n) is 4.81. The largest absolute Gasteiger partial charge is 0.493 e. The molecule has 0 amide bonds. The molecule has 2 aliphatic rings. The molecule has 0 radical (unpaired) electrons. The number of likely N-dealkylation sites (tertiary alicyclic amines) is 1. The summed E-state index contributed by atoms with van der Waals surface area (Å²) >= 11 is 0. The predicted octanol–water partition coefficient (Wildman–Crippen LogP) is 5.83. The highest BCUT2D eigenvalue weighted by Gasteiger charge is 2.27. The van der Waals surface area contributed by atoms with Crippen molar-refractivity contribution in [2.45, 2.75) is 84.5 Å². The number of hydrogen-bond donors (Lipinski definition) is 0. The molecule has 0 aromatic heterocycles. The highest BCUT2D eigenvalue weighted by atomic mass is 16.5. The van der Waals surface area contributed by atoms with Gasteiger partial charge in [-0.2, -0.15) is 0 Å². The lowest BCUT2D eigenvalue weighted by molar-refractivity contribution is 0.0884.